The van der Waals surface area contributed by atoms with Crippen LogP contribution in [0.2, 0.25) is 0 Å². The van der Waals surface area contributed by atoms with Crippen molar-refractivity contribution in [2.75, 3.05) is 20.2 Å². The predicted molar refractivity (Wildman–Crippen MR) is 130 cm³/mol. The summed E-state index contributed by atoms with van der Waals surface area (Å²) in [5.74, 6) is 0.562. The third-order valence-corrected chi connectivity index (χ3v) is 7.14. The lowest BCUT2D eigenvalue weighted by atomic mass is 10.1. The van der Waals surface area contributed by atoms with Gasteiger partial charge in [-0.25, -0.2) is 0 Å². The van der Waals surface area contributed by atoms with Gasteiger partial charge in [-0.2, -0.15) is 0 Å². The zero-order chi connectivity index (χ0) is 21.8. The van der Waals surface area contributed by atoms with Crippen LogP contribution in [-0.2, 0) is 16.0 Å². The third kappa shape index (κ3) is 5.00. The van der Waals surface area contributed by atoms with E-state index < -0.39 is 0 Å². The second-order valence-electron chi connectivity index (χ2n) is 6.92. The second kappa shape index (κ2) is 9.67. The van der Waals surface area contributed by atoms with E-state index in [9.17, 15) is 9.59 Å². The summed E-state index contributed by atoms with van der Waals surface area (Å²) >= 11 is 8.18. The van der Waals surface area contributed by atoms with E-state index in [1.54, 1.807) is 18.4 Å². The Kier molecular flexibility index (Phi) is 6.74. The number of thioether (sulfide) groups is 1. The molecule has 0 atom stereocenters. The molecule has 6 nitrogen and oxygen atoms in total. The van der Waals surface area contributed by atoms with Crippen molar-refractivity contribution in [2.45, 2.75) is 12.8 Å². The minimum absolute atomic E-state index is 0.103. The van der Waals surface area contributed by atoms with Crippen LogP contribution >= 0.6 is 35.3 Å². The third-order valence-electron chi connectivity index (χ3n) is 4.94. The minimum Gasteiger partial charge on any atom is -0.497 e. The number of nitrogens with one attached hydrogen (secondary N) is 2. The quantitative estimate of drug-likeness (QED) is 0.381. The Hall–Kier alpha value is -2.62. The van der Waals surface area contributed by atoms with Crippen molar-refractivity contribution in [1.82, 2.24) is 15.2 Å². The summed E-state index contributed by atoms with van der Waals surface area (Å²) in [6, 6.07) is 9.77. The zero-order valence-electron chi connectivity index (χ0n) is 16.8. The molecule has 0 bridgehead atoms. The Morgan fingerprint density at radius 2 is 2.23 bits per heavy atom. The van der Waals surface area contributed by atoms with E-state index in [2.05, 4.69) is 10.3 Å². The molecule has 1 aliphatic heterocycles. The molecule has 0 spiro atoms. The van der Waals surface area contributed by atoms with Crippen LogP contribution in [0.1, 0.15) is 16.9 Å². The number of fused-ring (bicyclic) bond motifs is 1. The van der Waals surface area contributed by atoms with Gasteiger partial charge in [0.25, 0.3) is 5.91 Å². The van der Waals surface area contributed by atoms with Crippen LogP contribution in [0.4, 0.5) is 0 Å². The molecule has 2 N–H and O–H groups in total. The van der Waals surface area contributed by atoms with Crippen molar-refractivity contribution in [3.05, 3.63) is 57.3 Å². The molecule has 9 heteroatoms. The van der Waals surface area contributed by atoms with Gasteiger partial charge in [0, 0.05) is 41.5 Å². The highest BCUT2D eigenvalue weighted by molar-refractivity contribution is 8.26. The number of carbonyl (C=O) groups is 2. The number of rotatable bonds is 8. The molecule has 1 fully saturated rings. The molecule has 2 aromatic heterocycles. The average Bonchev–Trinajstić information content (AvgIpc) is 3.48. The normalized spacial score (nSPS) is 15.3. The van der Waals surface area contributed by atoms with Gasteiger partial charge in [0.05, 0.1) is 12.0 Å². The molecule has 4 rings (SSSR count). The molecule has 0 aliphatic carbocycles. The Morgan fingerprint density at radius 1 is 1.35 bits per heavy atom. The first-order valence-corrected chi connectivity index (χ1v) is 11.8. The predicted octanol–water partition coefficient (Wildman–Crippen LogP) is 4.19. The number of ether oxygens (including phenoxy) is 1. The van der Waals surface area contributed by atoms with E-state index in [0.29, 0.717) is 22.2 Å². The van der Waals surface area contributed by atoms with Crippen molar-refractivity contribution in [3.8, 4) is 5.75 Å². The smallest absolute Gasteiger partial charge is 0.266 e. The maximum Gasteiger partial charge on any atom is 0.266 e. The van der Waals surface area contributed by atoms with Crippen molar-refractivity contribution < 1.29 is 14.3 Å². The van der Waals surface area contributed by atoms with Crippen molar-refractivity contribution >= 4 is 68.4 Å². The summed E-state index contributed by atoms with van der Waals surface area (Å²) in [7, 11) is 1.64. The molecule has 3 heterocycles. The van der Waals surface area contributed by atoms with Crippen LogP contribution in [0.5, 0.6) is 5.75 Å². The van der Waals surface area contributed by atoms with Gasteiger partial charge in [-0.3, -0.25) is 14.5 Å². The monoisotopic (exact) mass is 471 g/mol. The van der Waals surface area contributed by atoms with Gasteiger partial charge in [-0.1, -0.05) is 30.0 Å². The minimum atomic E-state index is -0.135. The van der Waals surface area contributed by atoms with Crippen LogP contribution in [-0.4, -0.2) is 46.2 Å². The largest absolute Gasteiger partial charge is 0.497 e. The van der Waals surface area contributed by atoms with Gasteiger partial charge in [0.2, 0.25) is 5.91 Å². The first-order chi connectivity index (χ1) is 15.0. The summed E-state index contributed by atoms with van der Waals surface area (Å²) in [4.78, 5) is 31.3. The van der Waals surface area contributed by atoms with E-state index in [-0.39, 0.29) is 24.8 Å². The van der Waals surface area contributed by atoms with E-state index >= 15 is 0 Å². The number of H-pyrrole nitrogens is 1. The molecule has 0 unspecified atom stereocenters. The van der Waals surface area contributed by atoms with Crippen molar-refractivity contribution in [1.29, 1.82) is 0 Å². The SMILES string of the molecule is COc1ccc2[nH]cc(CCNC(=O)CCN3C(=O)/C(=C/c4cccs4)SC3=S)c2c1. The standard InChI is InChI=1S/C22H21N3O3S3/c1-28-15-4-5-18-17(11-15)14(13-24-18)6-8-23-20(26)7-9-25-21(27)19(31-22(25)29)12-16-3-2-10-30-16/h2-5,10-13,24H,6-9H2,1H3,(H,23,26)/b19-12-. The number of thiophene rings is 1. The topological polar surface area (TPSA) is 74.4 Å². The highest BCUT2D eigenvalue weighted by Crippen LogP contribution is 2.33. The molecular weight excluding hydrogens is 450 g/mol. The summed E-state index contributed by atoms with van der Waals surface area (Å²) < 4.78 is 5.79. The van der Waals surface area contributed by atoms with Gasteiger partial charge in [0.15, 0.2) is 0 Å². The second-order valence-corrected chi connectivity index (χ2v) is 9.58. The van der Waals surface area contributed by atoms with Crippen LogP contribution in [0.25, 0.3) is 17.0 Å². The van der Waals surface area contributed by atoms with E-state index in [0.717, 1.165) is 27.1 Å². The highest BCUT2D eigenvalue weighted by atomic mass is 32.2. The van der Waals surface area contributed by atoms with Crippen LogP contribution in [0.15, 0.2) is 46.8 Å². The Morgan fingerprint density at radius 3 is 3.00 bits per heavy atom. The number of benzene rings is 1. The summed E-state index contributed by atoms with van der Waals surface area (Å²) in [6.45, 7) is 0.794. The molecule has 1 aromatic carbocycles. The van der Waals surface area contributed by atoms with Gasteiger partial charge < -0.3 is 15.0 Å². The van der Waals surface area contributed by atoms with E-state index in [4.69, 9.17) is 17.0 Å². The van der Waals surface area contributed by atoms with Gasteiger partial charge >= 0.3 is 0 Å². The molecule has 1 aliphatic rings. The molecule has 160 valence electrons. The fourth-order valence-corrected chi connectivity index (χ4v) is 5.36. The first kappa shape index (κ1) is 21.6. The number of aromatic nitrogens is 1. The number of amides is 2. The number of carbonyl (C=O) groups excluding carboxylic acids is 2. The van der Waals surface area contributed by atoms with Crippen molar-refractivity contribution in [2.24, 2.45) is 0 Å². The first-order valence-electron chi connectivity index (χ1n) is 9.74. The van der Waals surface area contributed by atoms with E-state index in [1.165, 1.54) is 16.7 Å². The van der Waals surface area contributed by atoms with Crippen molar-refractivity contribution in [3.63, 3.8) is 0 Å². The lowest BCUT2D eigenvalue weighted by Crippen LogP contribution is -2.34. The molecular formula is C22H21N3O3S3. The summed E-state index contributed by atoms with van der Waals surface area (Å²) in [5, 5.41) is 5.98. The number of nitrogens with zero attached hydrogens (tertiary/aromatic N) is 1. The average molecular weight is 472 g/mol. The fraction of sp³-hybridized carbons (Fsp3) is 0.227. The molecule has 2 amide bonds. The maximum absolute atomic E-state index is 12.6. The molecule has 0 radical (unpaired) electrons. The summed E-state index contributed by atoms with van der Waals surface area (Å²) in [5.41, 5.74) is 2.15. The Balaban J connectivity index is 1.27. The lowest BCUT2D eigenvalue weighted by molar-refractivity contribution is -0.123. The van der Waals surface area contributed by atoms with Crippen LogP contribution in [0, 0.1) is 0 Å². The number of hydrogen-bond acceptors (Lipinski definition) is 6. The number of hydrogen-bond donors (Lipinski definition) is 2. The summed E-state index contributed by atoms with van der Waals surface area (Å²) in [6.07, 6.45) is 4.71. The lowest BCUT2D eigenvalue weighted by Gasteiger charge is -2.14. The Labute approximate surface area is 193 Å². The number of methoxy groups -OCH3 is 1. The molecule has 1 saturated heterocycles. The molecule has 31 heavy (non-hydrogen) atoms. The number of aromatic amines is 1. The van der Waals surface area contributed by atoms with Gasteiger partial charge in [-0.15, -0.1) is 11.3 Å². The van der Waals surface area contributed by atoms with Crippen LogP contribution < -0.4 is 10.1 Å². The Bertz CT molecular complexity index is 1150. The fourth-order valence-electron chi connectivity index (χ4n) is 3.33. The zero-order valence-corrected chi connectivity index (χ0v) is 19.3. The molecule has 0 saturated carbocycles. The number of thiocarbonyl (C=S) groups is 1. The highest BCUT2D eigenvalue weighted by Gasteiger charge is 2.32. The van der Waals surface area contributed by atoms with Gasteiger partial charge in [0.1, 0.15) is 10.1 Å². The van der Waals surface area contributed by atoms with E-state index in [1.807, 2.05) is 48.0 Å². The molecule has 3 aromatic rings. The maximum atomic E-state index is 12.6. The van der Waals surface area contributed by atoms with Crippen LogP contribution in [0.3, 0.4) is 0 Å². The van der Waals surface area contributed by atoms with Gasteiger partial charge in [-0.05, 0) is 47.7 Å².